The molecule has 8 heteroatoms. The second-order valence-corrected chi connectivity index (χ2v) is 8.59. The molecule has 5 nitrogen and oxygen atoms in total. The lowest BCUT2D eigenvalue weighted by atomic mass is 9.96. The van der Waals surface area contributed by atoms with E-state index in [1.54, 1.807) is 29.5 Å². The van der Waals surface area contributed by atoms with E-state index in [9.17, 15) is 9.18 Å². The topological polar surface area (TPSA) is 53.9 Å². The summed E-state index contributed by atoms with van der Waals surface area (Å²) in [6.07, 6.45) is 5.24. The van der Waals surface area contributed by atoms with Crippen LogP contribution in [0.3, 0.4) is 0 Å². The Labute approximate surface area is 177 Å². The minimum Gasteiger partial charge on any atom is -0.339 e. The van der Waals surface area contributed by atoms with Gasteiger partial charge in [-0.1, -0.05) is 12.1 Å². The van der Waals surface area contributed by atoms with Crippen LogP contribution in [0.25, 0.3) is 16.5 Å². The molecule has 1 saturated heterocycles. The normalized spacial score (nSPS) is 15.3. The number of halogens is 1. The molecule has 0 unspecified atom stereocenters. The summed E-state index contributed by atoms with van der Waals surface area (Å²) >= 11 is 6.76. The van der Waals surface area contributed by atoms with Crippen molar-refractivity contribution in [1.82, 2.24) is 19.7 Å². The van der Waals surface area contributed by atoms with Crippen LogP contribution in [0.4, 0.5) is 4.39 Å². The fourth-order valence-corrected chi connectivity index (χ4v) is 4.61. The molecule has 2 aromatic heterocycles. The lowest BCUT2D eigenvalue weighted by Gasteiger charge is -2.30. The third-order valence-corrected chi connectivity index (χ3v) is 6.70. The maximum Gasteiger partial charge on any atom is 0.246 e. The predicted octanol–water partition coefficient (Wildman–Crippen LogP) is 4.76. The molecule has 3 aromatic rings. The molecule has 0 atom stereocenters. The zero-order valence-electron chi connectivity index (χ0n) is 16.0. The van der Waals surface area contributed by atoms with Crippen molar-refractivity contribution >= 4 is 35.5 Å². The highest BCUT2D eigenvalue weighted by atomic mass is 32.1. The summed E-state index contributed by atoms with van der Waals surface area (Å²) in [5.74, 6) is 1.06. The molecule has 4 rings (SSSR count). The molecule has 1 fully saturated rings. The Hall–Kier alpha value is -2.58. The van der Waals surface area contributed by atoms with Gasteiger partial charge in [0.05, 0.1) is 0 Å². The molecule has 1 aromatic carbocycles. The van der Waals surface area contributed by atoms with Gasteiger partial charge in [0, 0.05) is 41.9 Å². The highest BCUT2D eigenvalue weighted by Crippen LogP contribution is 2.29. The zero-order chi connectivity index (χ0) is 20.4. The first kappa shape index (κ1) is 19.7. The third-order valence-electron chi connectivity index (χ3n) is 5.23. The van der Waals surface area contributed by atoms with Crippen LogP contribution in [0.15, 0.2) is 42.5 Å². The van der Waals surface area contributed by atoms with Gasteiger partial charge in [0.2, 0.25) is 5.91 Å². The molecular weight excluding hydrogens is 407 g/mol. The molecule has 1 aliphatic heterocycles. The van der Waals surface area contributed by atoms with E-state index in [4.69, 9.17) is 12.2 Å². The standard InChI is InChI=1S/C21H21FN4OS2/c1-25-20(23-24-21(25)28)15-10-12-26(13-11-15)19(27)9-7-17-6-8-18(29-17)14-2-4-16(22)5-3-14/h2-9,15H,10-13H2,1H3,(H,24,28). The van der Waals surface area contributed by atoms with Gasteiger partial charge >= 0.3 is 0 Å². The van der Waals surface area contributed by atoms with E-state index < -0.39 is 0 Å². The number of piperidine rings is 1. The molecule has 0 spiro atoms. The van der Waals surface area contributed by atoms with Crippen molar-refractivity contribution in [2.45, 2.75) is 18.8 Å². The smallest absolute Gasteiger partial charge is 0.246 e. The maximum atomic E-state index is 13.1. The summed E-state index contributed by atoms with van der Waals surface area (Å²) < 4.78 is 15.6. The van der Waals surface area contributed by atoms with Gasteiger partial charge in [-0.3, -0.25) is 9.89 Å². The van der Waals surface area contributed by atoms with Crippen LogP contribution in [0, 0.1) is 10.6 Å². The number of hydrogen-bond donors (Lipinski definition) is 1. The van der Waals surface area contributed by atoms with Gasteiger partial charge in [0.25, 0.3) is 0 Å². The van der Waals surface area contributed by atoms with Crippen LogP contribution in [0.5, 0.6) is 0 Å². The summed E-state index contributed by atoms with van der Waals surface area (Å²) in [5.41, 5.74) is 0.971. The van der Waals surface area contributed by atoms with Crippen LogP contribution in [-0.4, -0.2) is 38.7 Å². The van der Waals surface area contributed by atoms with Gasteiger partial charge in [0.1, 0.15) is 11.6 Å². The van der Waals surface area contributed by atoms with Crippen molar-refractivity contribution in [1.29, 1.82) is 0 Å². The number of benzene rings is 1. The zero-order valence-corrected chi connectivity index (χ0v) is 17.6. The molecule has 0 saturated carbocycles. The van der Waals surface area contributed by atoms with E-state index in [0.29, 0.717) is 23.8 Å². The first-order valence-electron chi connectivity index (χ1n) is 9.45. The van der Waals surface area contributed by atoms with Crippen molar-refractivity contribution in [3.63, 3.8) is 0 Å². The van der Waals surface area contributed by atoms with Gasteiger partial charge in [-0.2, -0.15) is 5.10 Å². The molecule has 150 valence electrons. The van der Waals surface area contributed by atoms with E-state index in [1.165, 1.54) is 12.1 Å². The number of rotatable bonds is 4. The molecule has 1 aliphatic rings. The number of nitrogens with one attached hydrogen (secondary N) is 1. The van der Waals surface area contributed by atoms with Crippen molar-refractivity contribution in [2.75, 3.05) is 13.1 Å². The van der Waals surface area contributed by atoms with Crippen LogP contribution in [-0.2, 0) is 11.8 Å². The Balaban J connectivity index is 1.35. The second kappa shape index (κ2) is 8.42. The van der Waals surface area contributed by atoms with Crippen molar-refractivity contribution in [2.24, 2.45) is 7.05 Å². The number of amides is 1. The van der Waals surface area contributed by atoms with Crippen LogP contribution >= 0.6 is 23.6 Å². The van der Waals surface area contributed by atoms with Gasteiger partial charge < -0.3 is 9.47 Å². The third kappa shape index (κ3) is 4.38. The van der Waals surface area contributed by atoms with Crippen LogP contribution in [0.1, 0.15) is 29.5 Å². The molecule has 0 aliphatic carbocycles. The van der Waals surface area contributed by atoms with E-state index >= 15 is 0 Å². The Morgan fingerprint density at radius 2 is 1.97 bits per heavy atom. The molecule has 0 bridgehead atoms. The number of carbonyl (C=O) groups excluding carboxylic acids is 1. The number of H-pyrrole nitrogens is 1. The lowest BCUT2D eigenvalue weighted by Crippen LogP contribution is -2.37. The predicted molar refractivity (Wildman–Crippen MR) is 116 cm³/mol. The molecule has 1 N–H and O–H groups in total. The molecule has 3 heterocycles. The highest BCUT2D eigenvalue weighted by Gasteiger charge is 2.25. The van der Waals surface area contributed by atoms with Gasteiger partial charge in [-0.25, -0.2) is 4.39 Å². The number of hydrogen-bond acceptors (Lipinski definition) is 4. The Morgan fingerprint density at radius 1 is 1.24 bits per heavy atom. The quantitative estimate of drug-likeness (QED) is 0.481. The maximum absolute atomic E-state index is 13.1. The van der Waals surface area contributed by atoms with Crippen molar-refractivity contribution < 1.29 is 9.18 Å². The Bertz CT molecular complexity index is 1090. The van der Waals surface area contributed by atoms with Crippen LogP contribution < -0.4 is 0 Å². The number of aromatic amines is 1. The molecule has 0 radical (unpaired) electrons. The first-order valence-corrected chi connectivity index (χ1v) is 10.7. The number of likely N-dealkylation sites (tertiary alicyclic amines) is 1. The Morgan fingerprint density at radius 3 is 2.62 bits per heavy atom. The van der Waals surface area contributed by atoms with Crippen LogP contribution in [0.2, 0.25) is 0 Å². The largest absolute Gasteiger partial charge is 0.339 e. The average Bonchev–Trinajstić information content (AvgIpc) is 3.34. The highest BCUT2D eigenvalue weighted by molar-refractivity contribution is 7.71. The fraction of sp³-hybridized carbons (Fsp3) is 0.286. The van der Waals surface area contributed by atoms with Gasteiger partial charge in [-0.15, -0.1) is 11.3 Å². The summed E-state index contributed by atoms with van der Waals surface area (Å²) in [6, 6.07) is 10.4. The van der Waals surface area contributed by atoms with E-state index in [0.717, 1.165) is 34.0 Å². The summed E-state index contributed by atoms with van der Waals surface area (Å²) in [7, 11) is 1.92. The average molecular weight is 429 g/mol. The van der Waals surface area contributed by atoms with Gasteiger partial charge in [0.15, 0.2) is 4.77 Å². The summed E-state index contributed by atoms with van der Waals surface area (Å²) in [4.78, 5) is 16.5. The second-order valence-electron chi connectivity index (χ2n) is 7.09. The molecule has 1 amide bonds. The van der Waals surface area contributed by atoms with Gasteiger partial charge in [-0.05, 0) is 61.0 Å². The SMILES string of the molecule is Cn1c(C2CCN(C(=O)C=Cc3ccc(-c4ccc(F)cc4)s3)CC2)n[nH]c1=S. The number of carbonyl (C=O) groups is 1. The lowest BCUT2D eigenvalue weighted by molar-refractivity contribution is -0.127. The molecule has 29 heavy (non-hydrogen) atoms. The minimum atomic E-state index is -0.245. The number of aromatic nitrogens is 3. The minimum absolute atomic E-state index is 0.0237. The number of nitrogens with zero attached hydrogens (tertiary/aromatic N) is 3. The first-order chi connectivity index (χ1) is 14.0. The summed E-state index contributed by atoms with van der Waals surface area (Å²) in [5, 5.41) is 7.16. The Kier molecular flexibility index (Phi) is 5.73. The van der Waals surface area contributed by atoms with E-state index in [-0.39, 0.29) is 11.7 Å². The van der Waals surface area contributed by atoms with E-state index in [1.807, 2.05) is 34.7 Å². The fourth-order valence-electron chi connectivity index (χ4n) is 3.55. The van der Waals surface area contributed by atoms with Crippen molar-refractivity contribution in [3.8, 4) is 10.4 Å². The van der Waals surface area contributed by atoms with E-state index in [2.05, 4.69) is 10.2 Å². The van der Waals surface area contributed by atoms with Crippen molar-refractivity contribution in [3.05, 3.63) is 63.8 Å². The number of thiophene rings is 1. The monoisotopic (exact) mass is 428 g/mol. The molecular formula is C21H21FN4OS2. The summed E-state index contributed by atoms with van der Waals surface area (Å²) in [6.45, 7) is 1.41.